The fourth-order valence-corrected chi connectivity index (χ4v) is 2.26. The summed E-state index contributed by atoms with van der Waals surface area (Å²) in [4.78, 5) is 11.2. The van der Waals surface area contributed by atoms with Crippen molar-refractivity contribution in [3.05, 3.63) is 0 Å². The van der Waals surface area contributed by atoms with Gasteiger partial charge in [-0.05, 0) is 25.1 Å². The van der Waals surface area contributed by atoms with Crippen LogP contribution in [0, 0.1) is 0 Å². The summed E-state index contributed by atoms with van der Waals surface area (Å²) in [5, 5.41) is 15.4. The van der Waals surface area contributed by atoms with Gasteiger partial charge in [-0.1, -0.05) is 19.3 Å². The minimum Gasteiger partial charge on any atom is -0.467 e. The molecule has 17 heavy (non-hydrogen) atoms. The lowest BCUT2D eigenvalue weighted by atomic mass is 9.96. The first-order valence-corrected chi connectivity index (χ1v) is 6.34. The van der Waals surface area contributed by atoms with E-state index >= 15 is 0 Å². The summed E-state index contributed by atoms with van der Waals surface area (Å²) in [5.41, 5.74) is 0. The Morgan fingerprint density at radius 1 is 1.47 bits per heavy atom. The van der Waals surface area contributed by atoms with Crippen molar-refractivity contribution in [1.29, 1.82) is 0 Å². The Morgan fingerprint density at radius 3 is 2.65 bits per heavy atom. The van der Waals surface area contributed by atoms with Gasteiger partial charge in [0.1, 0.15) is 6.04 Å². The average Bonchev–Trinajstić information content (AvgIpc) is 2.36. The Kier molecular flexibility index (Phi) is 6.21. The minimum atomic E-state index is -0.788. The minimum absolute atomic E-state index is 0.334. The molecule has 1 aliphatic rings. The third kappa shape index (κ3) is 4.87. The smallest absolute Gasteiger partial charge is 0.330 e. The second-order valence-electron chi connectivity index (χ2n) is 4.21. The number of thiocarbonyl (C=S) groups is 1. The summed E-state index contributed by atoms with van der Waals surface area (Å²) < 4.78 is 4.55. The molecule has 0 heterocycles. The van der Waals surface area contributed by atoms with Crippen molar-refractivity contribution >= 4 is 23.3 Å². The largest absolute Gasteiger partial charge is 0.467 e. The number of aliphatic hydroxyl groups is 1. The molecule has 0 saturated heterocycles. The van der Waals surface area contributed by atoms with Crippen molar-refractivity contribution in [2.24, 2.45) is 0 Å². The number of nitrogens with one attached hydrogen (secondary N) is 2. The van der Waals surface area contributed by atoms with E-state index in [0.717, 1.165) is 12.8 Å². The van der Waals surface area contributed by atoms with E-state index in [-0.39, 0.29) is 6.61 Å². The first-order valence-electron chi connectivity index (χ1n) is 5.93. The fraction of sp³-hybridized carbons (Fsp3) is 0.818. The second kappa shape index (κ2) is 7.45. The normalized spacial score (nSPS) is 18.2. The molecule has 1 saturated carbocycles. The van der Waals surface area contributed by atoms with Crippen LogP contribution in [-0.2, 0) is 9.53 Å². The second-order valence-corrected chi connectivity index (χ2v) is 4.62. The van der Waals surface area contributed by atoms with Gasteiger partial charge >= 0.3 is 5.97 Å². The first kappa shape index (κ1) is 14.2. The average molecular weight is 260 g/mol. The monoisotopic (exact) mass is 260 g/mol. The zero-order valence-electron chi connectivity index (χ0n) is 10.1. The summed E-state index contributed by atoms with van der Waals surface area (Å²) >= 11 is 5.10. The number of esters is 1. The van der Waals surface area contributed by atoms with Crippen LogP contribution in [0.3, 0.4) is 0 Å². The van der Waals surface area contributed by atoms with Crippen molar-refractivity contribution in [2.75, 3.05) is 13.7 Å². The maximum Gasteiger partial charge on any atom is 0.330 e. The van der Waals surface area contributed by atoms with Crippen LogP contribution >= 0.6 is 12.2 Å². The highest BCUT2D eigenvalue weighted by atomic mass is 32.1. The molecule has 1 atom stereocenters. The van der Waals surface area contributed by atoms with Crippen LogP contribution in [0.15, 0.2) is 0 Å². The molecule has 1 rings (SSSR count). The van der Waals surface area contributed by atoms with Crippen LogP contribution in [0.25, 0.3) is 0 Å². The number of ether oxygens (including phenoxy) is 1. The maximum absolute atomic E-state index is 11.2. The molecular formula is C11H20N2O3S. The molecule has 0 aromatic rings. The molecule has 98 valence electrons. The Hall–Kier alpha value is -0.880. The van der Waals surface area contributed by atoms with Gasteiger partial charge in [0, 0.05) is 6.04 Å². The van der Waals surface area contributed by atoms with Crippen LogP contribution in [0.1, 0.15) is 32.1 Å². The fourth-order valence-electron chi connectivity index (χ4n) is 1.95. The molecule has 1 fully saturated rings. The molecule has 0 aromatic carbocycles. The zero-order valence-corrected chi connectivity index (χ0v) is 10.9. The van der Waals surface area contributed by atoms with Gasteiger partial charge in [-0.3, -0.25) is 0 Å². The molecule has 0 bridgehead atoms. The first-order chi connectivity index (χ1) is 8.17. The van der Waals surface area contributed by atoms with Crippen molar-refractivity contribution in [2.45, 2.75) is 44.2 Å². The van der Waals surface area contributed by atoms with Crippen LogP contribution in [0.5, 0.6) is 0 Å². The lowest BCUT2D eigenvalue weighted by Crippen LogP contribution is -2.50. The Balaban J connectivity index is 2.33. The molecular weight excluding hydrogens is 240 g/mol. The van der Waals surface area contributed by atoms with E-state index in [9.17, 15) is 4.79 Å². The number of rotatable bonds is 4. The summed E-state index contributed by atoms with van der Waals surface area (Å²) in [7, 11) is 1.28. The van der Waals surface area contributed by atoms with E-state index in [2.05, 4.69) is 15.4 Å². The predicted molar refractivity (Wildman–Crippen MR) is 68.6 cm³/mol. The zero-order chi connectivity index (χ0) is 12.7. The summed E-state index contributed by atoms with van der Waals surface area (Å²) in [6, 6.07) is -0.413. The quantitative estimate of drug-likeness (QED) is 0.499. The van der Waals surface area contributed by atoms with Gasteiger partial charge in [0.15, 0.2) is 5.11 Å². The molecule has 0 spiro atoms. The van der Waals surface area contributed by atoms with Gasteiger partial charge in [-0.15, -0.1) is 0 Å². The number of carbonyl (C=O) groups excluding carboxylic acids is 1. The van der Waals surface area contributed by atoms with E-state index in [1.807, 2.05) is 0 Å². The van der Waals surface area contributed by atoms with Gasteiger partial charge in [0.05, 0.1) is 13.7 Å². The Bertz CT molecular complexity index is 267. The van der Waals surface area contributed by atoms with E-state index in [0.29, 0.717) is 11.2 Å². The van der Waals surface area contributed by atoms with E-state index in [1.54, 1.807) is 0 Å². The van der Waals surface area contributed by atoms with Crippen molar-refractivity contribution in [3.63, 3.8) is 0 Å². The molecule has 1 unspecified atom stereocenters. The highest BCUT2D eigenvalue weighted by Gasteiger charge is 2.20. The molecule has 0 amide bonds. The van der Waals surface area contributed by atoms with Crippen LogP contribution in [0.4, 0.5) is 0 Å². The number of methoxy groups -OCH3 is 1. The summed E-state index contributed by atoms with van der Waals surface area (Å²) in [6.45, 7) is -0.334. The van der Waals surface area contributed by atoms with Gasteiger partial charge in [-0.25, -0.2) is 4.79 Å². The lowest BCUT2D eigenvalue weighted by Gasteiger charge is -2.25. The molecule has 0 aromatic heterocycles. The van der Waals surface area contributed by atoms with Gasteiger partial charge < -0.3 is 20.5 Å². The van der Waals surface area contributed by atoms with E-state index < -0.39 is 12.0 Å². The predicted octanol–water partition coefficient (Wildman–Crippen LogP) is 0.317. The van der Waals surface area contributed by atoms with Gasteiger partial charge in [-0.2, -0.15) is 0 Å². The van der Waals surface area contributed by atoms with Gasteiger partial charge in [0.2, 0.25) is 0 Å². The van der Waals surface area contributed by atoms with Crippen molar-refractivity contribution in [3.8, 4) is 0 Å². The molecule has 0 aliphatic heterocycles. The Labute approximate surface area is 107 Å². The van der Waals surface area contributed by atoms with Gasteiger partial charge in [0.25, 0.3) is 0 Å². The number of hydrogen-bond acceptors (Lipinski definition) is 4. The van der Waals surface area contributed by atoms with Crippen LogP contribution in [-0.4, -0.2) is 42.0 Å². The SMILES string of the molecule is COC(=O)C(CO)NC(=S)NC1CCCCC1. The Morgan fingerprint density at radius 2 is 2.12 bits per heavy atom. The molecule has 5 nitrogen and oxygen atoms in total. The number of carbonyl (C=O) groups is 1. The van der Waals surface area contributed by atoms with Crippen LogP contribution < -0.4 is 10.6 Å². The van der Waals surface area contributed by atoms with Crippen molar-refractivity contribution < 1.29 is 14.6 Å². The van der Waals surface area contributed by atoms with Crippen molar-refractivity contribution in [1.82, 2.24) is 10.6 Å². The molecule has 1 aliphatic carbocycles. The highest BCUT2D eigenvalue weighted by molar-refractivity contribution is 7.80. The molecule has 0 radical (unpaired) electrons. The number of aliphatic hydroxyl groups excluding tert-OH is 1. The van der Waals surface area contributed by atoms with E-state index in [1.165, 1.54) is 26.4 Å². The third-order valence-electron chi connectivity index (χ3n) is 2.91. The van der Waals surface area contributed by atoms with Crippen LogP contribution in [0.2, 0.25) is 0 Å². The highest BCUT2D eigenvalue weighted by Crippen LogP contribution is 2.17. The lowest BCUT2D eigenvalue weighted by molar-refractivity contribution is -0.143. The standard InChI is InChI=1S/C11H20N2O3S/c1-16-10(15)9(7-14)13-11(17)12-8-5-3-2-4-6-8/h8-9,14H,2-7H2,1H3,(H2,12,13,17). The summed E-state index contributed by atoms with van der Waals surface area (Å²) in [6.07, 6.45) is 5.90. The number of hydrogen-bond donors (Lipinski definition) is 3. The summed E-state index contributed by atoms with van der Waals surface area (Å²) in [5.74, 6) is -0.514. The maximum atomic E-state index is 11.2. The van der Waals surface area contributed by atoms with E-state index in [4.69, 9.17) is 17.3 Å². The molecule has 6 heteroatoms. The third-order valence-corrected chi connectivity index (χ3v) is 3.15. The molecule has 3 N–H and O–H groups in total. The topological polar surface area (TPSA) is 70.6 Å².